The first-order valence-corrected chi connectivity index (χ1v) is 9.06. The summed E-state index contributed by atoms with van der Waals surface area (Å²) < 4.78 is 14.1. The van der Waals surface area contributed by atoms with E-state index in [0.29, 0.717) is 23.6 Å². The van der Waals surface area contributed by atoms with Crippen molar-refractivity contribution in [2.45, 2.75) is 20.3 Å². The molecular weight excluding hydrogens is 381 g/mol. The lowest BCUT2D eigenvalue weighted by Gasteiger charge is -2.04. The fourth-order valence-electron chi connectivity index (χ4n) is 2.61. The number of aromatic amines is 1. The molecule has 3 N–H and O–H groups in total. The zero-order chi connectivity index (χ0) is 20.3. The Labute approximate surface area is 166 Å². The topological polar surface area (TPSA) is 97.0 Å². The van der Waals surface area contributed by atoms with Gasteiger partial charge >= 0.3 is 0 Å². The average molecular weight is 400 g/mol. The van der Waals surface area contributed by atoms with E-state index in [4.69, 9.17) is 17.3 Å². The van der Waals surface area contributed by atoms with Crippen LogP contribution in [0.3, 0.4) is 0 Å². The minimum atomic E-state index is -0.461. The Bertz CT molecular complexity index is 1010. The van der Waals surface area contributed by atoms with E-state index in [9.17, 15) is 9.18 Å². The molecule has 0 aliphatic carbocycles. The number of hydrogen-bond acceptors (Lipinski definition) is 3. The van der Waals surface area contributed by atoms with Gasteiger partial charge in [-0.25, -0.2) is 9.37 Å². The SMILES string of the molecule is CC(C)CC(=O)N=C(N)c1ccc(-c2cnc(-c3c(F)cccc3Cl)[nH]2)cn1. The van der Waals surface area contributed by atoms with E-state index in [2.05, 4.69) is 19.9 Å². The molecule has 0 radical (unpaired) electrons. The Balaban J connectivity index is 1.82. The second-order valence-corrected chi connectivity index (χ2v) is 7.07. The van der Waals surface area contributed by atoms with Crippen molar-refractivity contribution in [3.8, 4) is 22.6 Å². The normalized spacial score (nSPS) is 11.8. The Morgan fingerprint density at radius 2 is 2.04 bits per heavy atom. The summed E-state index contributed by atoms with van der Waals surface area (Å²) >= 11 is 6.08. The van der Waals surface area contributed by atoms with Crippen molar-refractivity contribution in [2.24, 2.45) is 16.6 Å². The third-order valence-electron chi connectivity index (χ3n) is 3.94. The van der Waals surface area contributed by atoms with Gasteiger partial charge in [0.1, 0.15) is 17.3 Å². The van der Waals surface area contributed by atoms with Gasteiger partial charge in [0.15, 0.2) is 5.84 Å². The van der Waals surface area contributed by atoms with Crippen LogP contribution < -0.4 is 5.73 Å². The standard InChI is InChI=1S/C20H19ClFN5O/c1-11(2)8-17(28)27-19(23)15-7-6-12(9-24-15)16-10-25-20(26-16)18-13(21)4-3-5-14(18)22/h3-7,9-11H,8H2,1-2H3,(H,25,26)(H2,23,27,28). The van der Waals surface area contributed by atoms with Gasteiger partial charge in [-0.15, -0.1) is 0 Å². The number of amides is 1. The van der Waals surface area contributed by atoms with E-state index in [-0.39, 0.29) is 28.2 Å². The Kier molecular flexibility index (Phi) is 5.84. The first-order valence-electron chi connectivity index (χ1n) is 8.68. The van der Waals surface area contributed by atoms with Crippen molar-refractivity contribution < 1.29 is 9.18 Å². The van der Waals surface area contributed by atoms with Gasteiger partial charge in [-0.3, -0.25) is 9.78 Å². The quantitative estimate of drug-likeness (QED) is 0.496. The molecule has 0 aliphatic heterocycles. The number of nitrogens with zero attached hydrogens (tertiary/aromatic N) is 3. The second kappa shape index (κ2) is 8.31. The number of aliphatic imine (C=N–C) groups is 1. The van der Waals surface area contributed by atoms with E-state index < -0.39 is 5.82 Å². The van der Waals surface area contributed by atoms with Crippen LogP contribution in [0.15, 0.2) is 47.7 Å². The van der Waals surface area contributed by atoms with Crippen molar-refractivity contribution in [2.75, 3.05) is 0 Å². The molecule has 1 amide bonds. The molecule has 0 spiro atoms. The van der Waals surface area contributed by atoms with E-state index >= 15 is 0 Å². The van der Waals surface area contributed by atoms with Gasteiger partial charge in [0, 0.05) is 18.2 Å². The fourth-order valence-corrected chi connectivity index (χ4v) is 2.86. The van der Waals surface area contributed by atoms with Gasteiger partial charge in [0.25, 0.3) is 0 Å². The molecule has 144 valence electrons. The van der Waals surface area contributed by atoms with Gasteiger partial charge in [-0.05, 0) is 30.2 Å². The molecule has 2 aromatic heterocycles. The van der Waals surface area contributed by atoms with Gasteiger partial charge in [-0.2, -0.15) is 4.99 Å². The van der Waals surface area contributed by atoms with Crippen molar-refractivity contribution in [1.29, 1.82) is 0 Å². The van der Waals surface area contributed by atoms with Gasteiger partial charge < -0.3 is 10.7 Å². The number of rotatable bonds is 5. The number of halogens is 2. The third-order valence-corrected chi connectivity index (χ3v) is 4.26. The van der Waals surface area contributed by atoms with Crippen LogP contribution in [0.25, 0.3) is 22.6 Å². The molecule has 0 bridgehead atoms. The number of imidazole rings is 1. The third kappa shape index (κ3) is 4.43. The Morgan fingerprint density at radius 3 is 2.68 bits per heavy atom. The summed E-state index contributed by atoms with van der Waals surface area (Å²) in [6.45, 7) is 3.87. The maximum atomic E-state index is 14.1. The monoisotopic (exact) mass is 399 g/mol. The van der Waals surface area contributed by atoms with E-state index in [1.807, 2.05) is 13.8 Å². The van der Waals surface area contributed by atoms with E-state index in [0.717, 1.165) is 5.56 Å². The molecule has 6 nitrogen and oxygen atoms in total. The number of H-pyrrole nitrogens is 1. The highest BCUT2D eigenvalue weighted by Gasteiger charge is 2.14. The summed E-state index contributed by atoms with van der Waals surface area (Å²) in [6.07, 6.45) is 3.47. The number of benzene rings is 1. The van der Waals surface area contributed by atoms with Crippen LogP contribution in [0.5, 0.6) is 0 Å². The van der Waals surface area contributed by atoms with Crippen molar-refractivity contribution in [1.82, 2.24) is 15.0 Å². The molecule has 1 aromatic carbocycles. The number of carbonyl (C=O) groups excluding carboxylic acids is 1. The van der Waals surface area contributed by atoms with Crippen LogP contribution in [-0.2, 0) is 4.79 Å². The second-order valence-electron chi connectivity index (χ2n) is 6.66. The molecule has 0 unspecified atom stereocenters. The number of amidine groups is 1. The summed E-state index contributed by atoms with van der Waals surface area (Å²) in [5.74, 6) is -0.143. The van der Waals surface area contributed by atoms with Crippen LogP contribution in [0.1, 0.15) is 26.0 Å². The van der Waals surface area contributed by atoms with Crippen molar-refractivity contribution >= 4 is 23.3 Å². The smallest absolute Gasteiger partial charge is 0.247 e. The largest absolute Gasteiger partial charge is 0.382 e. The number of nitrogens with two attached hydrogens (primary N) is 1. The lowest BCUT2D eigenvalue weighted by Crippen LogP contribution is -2.17. The molecule has 8 heteroatoms. The zero-order valence-corrected chi connectivity index (χ0v) is 16.2. The van der Waals surface area contributed by atoms with E-state index in [1.165, 1.54) is 12.1 Å². The highest BCUT2D eigenvalue weighted by atomic mass is 35.5. The molecule has 3 aromatic rings. The fraction of sp³-hybridized carbons (Fsp3) is 0.200. The lowest BCUT2D eigenvalue weighted by atomic mass is 10.1. The number of pyridine rings is 1. The molecular formula is C20H19ClFN5O. The summed E-state index contributed by atoms with van der Waals surface area (Å²) in [6, 6.07) is 7.88. The molecule has 0 fully saturated rings. The molecule has 2 heterocycles. The first kappa shape index (κ1) is 19.7. The highest BCUT2D eigenvalue weighted by molar-refractivity contribution is 6.33. The minimum Gasteiger partial charge on any atom is -0.382 e. The minimum absolute atomic E-state index is 0.0700. The molecule has 0 aliphatic rings. The van der Waals surface area contributed by atoms with Crippen molar-refractivity contribution in [3.05, 3.63) is 59.3 Å². The van der Waals surface area contributed by atoms with Gasteiger partial charge in [0.05, 0.1) is 22.5 Å². The molecule has 0 atom stereocenters. The average Bonchev–Trinajstić information content (AvgIpc) is 3.10. The van der Waals surface area contributed by atoms with Gasteiger partial charge in [0.2, 0.25) is 5.91 Å². The zero-order valence-electron chi connectivity index (χ0n) is 15.4. The molecule has 3 rings (SSSR count). The van der Waals surface area contributed by atoms with E-state index in [1.54, 1.807) is 30.6 Å². The maximum absolute atomic E-state index is 14.1. The summed E-state index contributed by atoms with van der Waals surface area (Å²) in [5, 5.41) is 0.268. The number of hydrogen-bond donors (Lipinski definition) is 2. The maximum Gasteiger partial charge on any atom is 0.247 e. The predicted octanol–water partition coefficient (Wildman–Crippen LogP) is 4.21. The lowest BCUT2D eigenvalue weighted by molar-refractivity contribution is -0.118. The van der Waals surface area contributed by atoms with Crippen molar-refractivity contribution in [3.63, 3.8) is 0 Å². The summed E-state index contributed by atoms with van der Waals surface area (Å²) in [7, 11) is 0. The number of aromatic nitrogens is 3. The summed E-state index contributed by atoms with van der Waals surface area (Å²) in [5.41, 5.74) is 7.83. The first-order chi connectivity index (χ1) is 13.3. The number of nitrogens with one attached hydrogen (secondary N) is 1. The Morgan fingerprint density at radius 1 is 1.25 bits per heavy atom. The molecule has 0 saturated heterocycles. The Hall–Kier alpha value is -3.06. The van der Waals surface area contributed by atoms with Crippen LogP contribution in [0.4, 0.5) is 4.39 Å². The van der Waals surface area contributed by atoms with Crippen LogP contribution in [0, 0.1) is 11.7 Å². The molecule has 28 heavy (non-hydrogen) atoms. The summed E-state index contributed by atoms with van der Waals surface area (Å²) in [4.78, 5) is 27.1. The van der Waals surface area contributed by atoms with Crippen LogP contribution in [-0.4, -0.2) is 26.7 Å². The number of carbonyl (C=O) groups is 1. The van der Waals surface area contributed by atoms with Gasteiger partial charge in [-0.1, -0.05) is 31.5 Å². The van der Waals surface area contributed by atoms with Crippen LogP contribution >= 0.6 is 11.6 Å². The predicted molar refractivity (Wildman–Crippen MR) is 107 cm³/mol. The van der Waals surface area contributed by atoms with Crippen LogP contribution in [0.2, 0.25) is 5.02 Å². The highest BCUT2D eigenvalue weighted by Crippen LogP contribution is 2.29. The molecule has 0 saturated carbocycles.